The lowest BCUT2D eigenvalue weighted by atomic mass is 10.0. The zero-order chi connectivity index (χ0) is 15.7. The van der Waals surface area contributed by atoms with Gasteiger partial charge in [0, 0.05) is 6.54 Å². The van der Waals surface area contributed by atoms with E-state index in [2.05, 4.69) is 0 Å². The fourth-order valence-electron chi connectivity index (χ4n) is 2.73. The number of β-amino-alcohol motifs (C(OH)–C–C–N with tert-alkyl or cyclic N) is 1. The van der Waals surface area contributed by atoms with Crippen molar-refractivity contribution < 1.29 is 22.7 Å². The Morgan fingerprint density at radius 1 is 1.32 bits per heavy atom. The molecule has 1 saturated heterocycles. The normalized spacial score (nSPS) is 22.8. The first-order valence-electron chi connectivity index (χ1n) is 6.89. The van der Waals surface area contributed by atoms with E-state index in [0.717, 1.165) is 5.56 Å². The van der Waals surface area contributed by atoms with Gasteiger partial charge in [0.1, 0.15) is 5.75 Å². The molecule has 7 heteroatoms. The zero-order valence-corrected chi connectivity index (χ0v) is 12.9. The Balaban J connectivity index is 1.99. The third-order valence-corrected chi connectivity index (χ3v) is 5.53. The molecule has 1 N–H and O–H groups in total. The number of furan rings is 1. The van der Waals surface area contributed by atoms with Crippen molar-refractivity contribution in [2.24, 2.45) is 0 Å². The second kappa shape index (κ2) is 5.75. The number of sulfonamides is 1. The number of hydrogen-bond acceptors (Lipinski definition) is 5. The lowest BCUT2D eigenvalue weighted by molar-refractivity contribution is 0.188. The lowest BCUT2D eigenvalue weighted by Gasteiger charge is -2.23. The zero-order valence-electron chi connectivity index (χ0n) is 12.0. The lowest BCUT2D eigenvalue weighted by Crippen LogP contribution is -2.31. The number of benzene rings is 1. The Hall–Kier alpha value is -1.83. The van der Waals surface area contributed by atoms with Gasteiger partial charge in [0.25, 0.3) is 10.0 Å². The van der Waals surface area contributed by atoms with Gasteiger partial charge >= 0.3 is 0 Å². The van der Waals surface area contributed by atoms with Crippen LogP contribution >= 0.6 is 0 Å². The maximum atomic E-state index is 12.7. The van der Waals surface area contributed by atoms with Crippen LogP contribution in [0.4, 0.5) is 0 Å². The van der Waals surface area contributed by atoms with E-state index in [0.29, 0.717) is 12.2 Å². The molecule has 0 amide bonds. The molecule has 1 aromatic carbocycles. The van der Waals surface area contributed by atoms with Crippen LogP contribution in [0, 0.1) is 0 Å². The first-order chi connectivity index (χ1) is 10.5. The summed E-state index contributed by atoms with van der Waals surface area (Å²) in [7, 11) is -2.22. The van der Waals surface area contributed by atoms with Crippen molar-refractivity contribution in [2.75, 3.05) is 13.7 Å². The molecule has 0 radical (unpaired) electrons. The van der Waals surface area contributed by atoms with Gasteiger partial charge in [-0.3, -0.25) is 0 Å². The van der Waals surface area contributed by atoms with E-state index in [9.17, 15) is 13.5 Å². The fraction of sp³-hybridized carbons (Fsp3) is 0.333. The Morgan fingerprint density at radius 2 is 2.14 bits per heavy atom. The van der Waals surface area contributed by atoms with Crippen molar-refractivity contribution in [3.8, 4) is 5.75 Å². The van der Waals surface area contributed by atoms with Gasteiger partial charge in [-0.25, -0.2) is 8.42 Å². The summed E-state index contributed by atoms with van der Waals surface area (Å²) in [5.74, 6) is 0.647. The maximum Gasteiger partial charge on any atom is 0.277 e. The summed E-state index contributed by atoms with van der Waals surface area (Å²) in [6.07, 6.45) is 0.952. The van der Waals surface area contributed by atoms with E-state index in [1.807, 2.05) is 6.07 Å². The fourth-order valence-corrected chi connectivity index (χ4v) is 4.30. The molecule has 6 nitrogen and oxygen atoms in total. The first kappa shape index (κ1) is 15.1. The van der Waals surface area contributed by atoms with E-state index in [1.165, 1.54) is 22.7 Å². The summed E-state index contributed by atoms with van der Waals surface area (Å²) < 4.78 is 36.8. The Labute approximate surface area is 129 Å². The van der Waals surface area contributed by atoms with Gasteiger partial charge in [0.2, 0.25) is 5.09 Å². The van der Waals surface area contributed by atoms with Gasteiger partial charge in [0.05, 0.1) is 25.5 Å². The number of ether oxygens (including phenoxy) is 1. The Morgan fingerprint density at radius 3 is 2.82 bits per heavy atom. The topological polar surface area (TPSA) is 80.0 Å². The molecule has 2 atom stereocenters. The molecule has 1 aromatic heterocycles. The number of hydrogen-bond donors (Lipinski definition) is 1. The van der Waals surface area contributed by atoms with Crippen LogP contribution in [0.25, 0.3) is 0 Å². The number of rotatable bonds is 4. The van der Waals surface area contributed by atoms with Crippen LogP contribution in [0.2, 0.25) is 0 Å². The highest BCUT2D eigenvalue weighted by molar-refractivity contribution is 7.89. The predicted molar refractivity (Wildman–Crippen MR) is 79.0 cm³/mol. The number of aliphatic hydroxyl groups excluding tert-OH is 1. The number of methoxy groups -OCH3 is 1. The Bertz CT molecular complexity index is 741. The van der Waals surface area contributed by atoms with Crippen LogP contribution in [0.1, 0.15) is 18.0 Å². The monoisotopic (exact) mass is 323 g/mol. The van der Waals surface area contributed by atoms with Crippen LogP contribution < -0.4 is 4.74 Å². The molecular formula is C15H17NO5S. The van der Waals surface area contributed by atoms with Gasteiger partial charge in [-0.05, 0) is 36.2 Å². The highest BCUT2D eigenvalue weighted by atomic mass is 32.2. The quantitative estimate of drug-likeness (QED) is 0.928. The van der Waals surface area contributed by atoms with Crippen LogP contribution in [0.3, 0.4) is 0 Å². The molecule has 0 bridgehead atoms. The molecule has 2 heterocycles. The molecule has 0 unspecified atom stereocenters. The third kappa shape index (κ3) is 2.63. The molecule has 1 fully saturated rings. The molecule has 0 saturated carbocycles. The van der Waals surface area contributed by atoms with Crippen LogP contribution in [-0.4, -0.2) is 37.6 Å². The standard InChI is InChI=1S/C15H17NO5S/c1-20-13-5-2-4-11(8-13)14-9-12(17)10-16(14)22(18,19)15-6-3-7-21-15/h2-8,12,14,17H,9-10H2,1H3/t12-,14-/m1/s1. The summed E-state index contributed by atoms with van der Waals surface area (Å²) in [4.78, 5) is 0. The number of aliphatic hydroxyl groups is 1. The molecule has 2 aromatic rings. The summed E-state index contributed by atoms with van der Waals surface area (Å²) in [5.41, 5.74) is 0.783. The van der Waals surface area contributed by atoms with E-state index in [4.69, 9.17) is 9.15 Å². The summed E-state index contributed by atoms with van der Waals surface area (Å²) in [6.45, 7) is 0.0465. The third-order valence-electron chi connectivity index (χ3n) is 3.77. The number of nitrogens with zero attached hydrogens (tertiary/aromatic N) is 1. The average Bonchev–Trinajstić information content (AvgIpc) is 3.17. The van der Waals surface area contributed by atoms with Gasteiger partial charge in [-0.1, -0.05) is 12.1 Å². The molecular weight excluding hydrogens is 306 g/mol. The average molecular weight is 323 g/mol. The van der Waals surface area contributed by atoms with Crippen LogP contribution in [0.5, 0.6) is 5.75 Å². The van der Waals surface area contributed by atoms with Crippen molar-refractivity contribution in [3.63, 3.8) is 0 Å². The second-order valence-corrected chi connectivity index (χ2v) is 7.01. The molecule has 3 rings (SSSR count). The highest BCUT2D eigenvalue weighted by Crippen LogP contribution is 2.37. The van der Waals surface area contributed by atoms with Gasteiger partial charge < -0.3 is 14.3 Å². The van der Waals surface area contributed by atoms with Gasteiger partial charge in [-0.15, -0.1) is 0 Å². The van der Waals surface area contributed by atoms with Crippen LogP contribution in [-0.2, 0) is 10.0 Å². The maximum absolute atomic E-state index is 12.7. The smallest absolute Gasteiger partial charge is 0.277 e. The SMILES string of the molecule is COc1cccc([C@H]2C[C@@H](O)CN2S(=O)(=O)c2ccco2)c1. The minimum atomic E-state index is -3.78. The molecule has 1 aliphatic rings. The molecule has 1 aliphatic heterocycles. The van der Waals surface area contributed by atoms with Gasteiger partial charge in [0.15, 0.2) is 0 Å². The molecule has 22 heavy (non-hydrogen) atoms. The summed E-state index contributed by atoms with van der Waals surface area (Å²) in [6, 6.07) is 9.70. The Kier molecular flexibility index (Phi) is 3.94. The molecule has 118 valence electrons. The predicted octanol–water partition coefficient (Wildman–Crippen LogP) is 1.78. The van der Waals surface area contributed by atoms with E-state index in [1.54, 1.807) is 25.3 Å². The van der Waals surface area contributed by atoms with Crippen molar-refractivity contribution in [1.82, 2.24) is 4.31 Å². The summed E-state index contributed by atoms with van der Waals surface area (Å²) in [5, 5.41) is 9.83. The minimum absolute atomic E-state index is 0.0465. The highest BCUT2D eigenvalue weighted by Gasteiger charge is 2.41. The first-order valence-corrected chi connectivity index (χ1v) is 8.34. The molecule has 0 aliphatic carbocycles. The van der Waals surface area contributed by atoms with Crippen molar-refractivity contribution in [3.05, 3.63) is 48.2 Å². The van der Waals surface area contributed by atoms with Crippen molar-refractivity contribution in [1.29, 1.82) is 0 Å². The van der Waals surface area contributed by atoms with E-state index in [-0.39, 0.29) is 11.6 Å². The minimum Gasteiger partial charge on any atom is -0.497 e. The van der Waals surface area contributed by atoms with Crippen molar-refractivity contribution >= 4 is 10.0 Å². The van der Waals surface area contributed by atoms with Gasteiger partial charge in [-0.2, -0.15) is 4.31 Å². The van der Waals surface area contributed by atoms with Crippen LogP contribution in [0.15, 0.2) is 52.2 Å². The summed E-state index contributed by atoms with van der Waals surface area (Å²) >= 11 is 0. The molecule has 0 spiro atoms. The second-order valence-electron chi connectivity index (χ2n) is 5.19. The van der Waals surface area contributed by atoms with Crippen molar-refractivity contribution in [2.45, 2.75) is 23.7 Å². The van der Waals surface area contributed by atoms with E-state index >= 15 is 0 Å². The van der Waals surface area contributed by atoms with E-state index < -0.39 is 22.2 Å². The largest absolute Gasteiger partial charge is 0.497 e.